The van der Waals surface area contributed by atoms with Gasteiger partial charge in [0.25, 0.3) is 0 Å². The topological polar surface area (TPSA) is 82.2 Å². The normalized spacial score (nSPS) is 18.1. The highest BCUT2D eigenvalue weighted by molar-refractivity contribution is 5.90. The molecule has 0 bridgehead atoms. The molecule has 0 radical (unpaired) electrons. The predicted octanol–water partition coefficient (Wildman–Crippen LogP) is 4.77. The van der Waals surface area contributed by atoms with Crippen molar-refractivity contribution in [3.8, 4) is 0 Å². The first kappa shape index (κ1) is 22.7. The lowest BCUT2D eigenvalue weighted by Gasteiger charge is -2.29. The molecule has 7 nitrogen and oxygen atoms in total. The van der Waals surface area contributed by atoms with Gasteiger partial charge in [0.05, 0.1) is 5.52 Å². The summed E-state index contributed by atoms with van der Waals surface area (Å²) in [5.41, 5.74) is 0.462. The second kappa shape index (κ2) is 9.97. The Balaban J connectivity index is 1.28. The molecule has 0 aliphatic heterocycles. The number of rotatable bonds is 6. The lowest BCUT2D eigenvalue weighted by atomic mass is 9.86. The molecule has 9 heteroatoms. The van der Waals surface area contributed by atoms with Crippen LogP contribution in [0.3, 0.4) is 0 Å². The van der Waals surface area contributed by atoms with Gasteiger partial charge < -0.3 is 20.9 Å². The van der Waals surface area contributed by atoms with Gasteiger partial charge in [0.2, 0.25) is 5.95 Å². The Labute approximate surface area is 191 Å². The Morgan fingerprint density at radius 1 is 1.00 bits per heavy atom. The molecule has 1 heterocycles. The molecule has 1 aromatic heterocycles. The summed E-state index contributed by atoms with van der Waals surface area (Å²) in [6.45, 7) is 0.450. The molecular weight excluding hydrogens is 426 g/mol. The van der Waals surface area contributed by atoms with Gasteiger partial charge in [0.1, 0.15) is 23.1 Å². The average molecular weight is 455 g/mol. The molecule has 1 aliphatic rings. The summed E-state index contributed by atoms with van der Waals surface area (Å²) in [7, 11) is 3.93. The first-order chi connectivity index (χ1) is 15.9. The number of nitrogens with one attached hydrogen (secondary N) is 3. The van der Waals surface area contributed by atoms with Crippen LogP contribution in [0.25, 0.3) is 10.9 Å². The molecule has 0 unspecified atom stereocenters. The van der Waals surface area contributed by atoms with Crippen molar-refractivity contribution >= 4 is 34.4 Å². The zero-order valence-electron chi connectivity index (χ0n) is 18.7. The fourth-order valence-electron chi connectivity index (χ4n) is 4.17. The molecule has 3 aromatic rings. The van der Waals surface area contributed by atoms with E-state index in [0.717, 1.165) is 54.5 Å². The number of hydrogen-bond donors (Lipinski definition) is 3. The number of benzene rings is 2. The van der Waals surface area contributed by atoms with Crippen molar-refractivity contribution in [1.82, 2.24) is 15.3 Å². The van der Waals surface area contributed by atoms with Crippen molar-refractivity contribution < 1.29 is 13.6 Å². The van der Waals surface area contributed by atoms with Crippen LogP contribution in [0.4, 0.5) is 31.0 Å². The number of carbonyl (C=O) groups excluding carboxylic acids is 1. The zero-order valence-corrected chi connectivity index (χ0v) is 18.7. The van der Waals surface area contributed by atoms with Gasteiger partial charge in [0, 0.05) is 32.1 Å². The zero-order chi connectivity index (χ0) is 23.4. The predicted molar refractivity (Wildman–Crippen MR) is 127 cm³/mol. The molecule has 3 N–H and O–H groups in total. The van der Waals surface area contributed by atoms with E-state index in [0.29, 0.717) is 18.4 Å². The SMILES string of the molecule is CN(C)c1nc(NC2CCC(CNC(=O)Nc3c(F)cccc3F)CC2)nc2ccccc12. The van der Waals surface area contributed by atoms with Gasteiger partial charge in [-0.2, -0.15) is 4.98 Å². The molecule has 174 valence electrons. The minimum Gasteiger partial charge on any atom is -0.362 e. The minimum absolute atomic E-state index is 0.249. The number of nitrogens with zero attached hydrogens (tertiary/aromatic N) is 3. The highest BCUT2D eigenvalue weighted by Gasteiger charge is 2.23. The van der Waals surface area contributed by atoms with Crippen LogP contribution in [0.15, 0.2) is 42.5 Å². The fourth-order valence-corrected chi connectivity index (χ4v) is 4.17. The van der Waals surface area contributed by atoms with Gasteiger partial charge in [-0.3, -0.25) is 0 Å². The Morgan fingerprint density at radius 3 is 2.39 bits per heavy atom. The van der Waals surface area contributed by atoms with Crippen molar-refractivity contribution in [2.75, 3.05) is 36.2 Å². The van der Waals surface area contributed by atoms with Gasteiger partial charge in [0.15, 0.2) is 0 Å². The van der Waals surface area contributed by atoms with Gasteiger partial charge in [-0.15, -0.1) is 0 Å². The summed E-state index contributed by atoms with van der Waals surface area (Å²) in [5, 5.41) is 9.46. The van der Waals surface area contributed by atoms with Crippen molar-refractivity contribution in [3.63, 3.8) is 0 Å². The van der Waals surface area contributed by atoms with Crippen LogP contribution in [0.5, 0.6) is 0 Å². The number of para-hydroxylation sites is 2. The van der Waals surface area contributed by atoms with E-state index in [9.17, 15) is 13.6 Å². The number of aromatic nitrogens is 2. The van der Waals surface area contributed by atoms with Crippen LogP contribution in [-0.4, -0.2) is 42.7 Å². The Hall–Kier alpha value is -3.49. The molecule has 0 atom stereocenters. The third-order valence-corrected chi connectivity index (χ3v) is 5.94. The maximum Gasteiger partial charge on any atom is 0.319 e. The van der Waals surface area contributed by atoms with E-state index < -0.39 is 23.4 Å². The first-order valence-electron chi connectivity index (χ1n) is 11.1. The summed E-state index contributed by atoms with van der Waals surface area (Å²) in [6, 6.07) is 11.0. The van der Waals surface area contributed by atoms with E-state index in [1.807, 2.05) is 43.3 Å². The van der Waals surface area contributed by atoms with Crippen molar-refractivity contribution in [1.29, 1.82) is 0 Å². The van der Waals surface area contributed by atoms with Crippen LogP contribution in [-0.2, 0) is 0 Å². The summed E-state index contributed by atoms with van der Waals surface area (Å²) in [4.78, 5) is 23.4. The molecule has 0 spiro atoms. The number of carbonyl (C=O) groups is 1. The largest absolute Gasteiger partial charge is 0.362 e. The highest BCUT2D eigenvalue weighted by atomic mass is 19.1. The molecule has 1 saturated carbocycles. The molecular formula is C24H28F2N6O. The lowest BCUT2D eigenvalue weighted by Crippen LogP contribution is -2.36. The van der Waals surface area contributed by atoms with E-state index in [1.165, 1.54) is 6.07 Å². The number of anilines is 3. The Morgan fingerprint density at radius 2 is 1.70 bits per heavy atom. The van der Waals surface area contributed by atoms with Crippen LogP contribution in [0.1, 0.15) is 25.7 Å². The summed E-state index contributed by atoms with van der Waals surface area (Å²) in [6.07, 6.45) is 3.67. The van der Waals surface area contributed by atoms with Crippen LogP contribution >= 0.6 is 0 Å². The smallest absolute Gasteiger partial charge is 0.319 e. The van der Waals surface area contributed by atoms with E-state index in [1.54, 1.807) is 0 Å². The van der Waals surface area contributed by atoms with Crippen LogP contribution < -0.4 is 20.9 Å². The first-order valence-corrected chi connectivity index (χ1v) is 11.1. The summed E-state index contributed by atoms with van der Waals surface area (Å²) in [5.74, 6) is 0.188. The van der Waals surface area contributed by atoms with E-state index in [4.69, 9.17) is 4.98 Å². The molecule has 4 rings (SSSR count). The third-order valence-electron chi connectivity index (χ3n) is 5.94. The van der Waals surface area contributed by atoms with Crippen molar-refractivity contribution in [2.45, 2.75) is 31.7 Å². The van der Waals surface area contributed by atoms with Crippen molar-refractivity contribution in [2.24, 2.45) is 5.92 Å². The number of halogens is 2. The van der Waals surface area contributed by atoms with Crippen molar-refractivity contribution in [3.05, 3.63) is 54.1 Å². The van der Waals surface area contributed by atoms with E-state index >= 15 is 0 Å². The van der Waals surface area contributed by atoms with Crippen LogP contribution in [0, 0.1) is 17.6 Å². The average Bonchev–Trinajstić information content (AvgIpc) is 2.80. The molecule has 1 fully saturated rings. The van der Waals surface area contributed by atoms with Gasteiger partial charge in [-0.1, -0.05) is 18.2 Å². The molecule has 2 aromatic carbocycles. The lowest BCUT2D eigenvalue weighted by molar-refractivity contribution is 0.246. The standard InChI is InChI=1S/C24H28F2N6O/c1-32(2)22-17-6-3-4-9-20(17)29-23(31-22)28-16-12-10-15(11-13-16)14-27-24(33)30-21-18(25)7-5-8-19(21)26/h3-9,15-16H,10-14H2,1-2H3,(H2,27,30,33)(H,28,29,31). The molecule has 0 saturated heterocycles. The number of fused-ring (bicyclic) bond motifs is 1. The van der Waals surface area contributed by atoms with Gasteiger partial charge >= 0.3 is 6.03 Å². The minimum atomic E-state index is -0.801. The molecule has 33 heavy (non-hydrogen) atoms. The Bertz CT molecular complexity index is 1110. The number of urea groups is 1. The Kier molecular flexibility index (Phi) is 6.86. The number of hydrogen-bond acceptors (Lipinski definition) is 5. The molecule has 2 amide bonds. The van der Waals surface area contributed by atoms with E-state index in [2.05, 4.69) is 20.9 Å². The maximum absolute atomic E-state index is 13.7. The quantitative estimate of drug-likeness (QED) is 0.500. The summed E-state index contributed by atoms with van der Waals surface area (Å²) < 4.78 is 27.4. The van der Waals surface area contributed by atoms with E-state index in [-0.39, 0.29) is 6.04 Å². The monoisotopic (exact) mass is 454 g/mol. The fraction of sp³-hybridized carbons (Fsp3) is 0.375. The molecule has 1 aliphatic carbocycles. The highest BCUT2D eigenvalue weighted by Crippen LogP contribution is 2.28. The summed E-state index contributed by atoms with van der Waals surface area (Å²) >= 11 is 0. The second-order valence-corrected chi connectivity index (χ2v) is 8.58. The van der Waals surface area contributed by atoms with Crippen LogP contribution in [0.2, 0.25) is 0 Å². The maximum atomic E-state index is 13.7. The van der Waals surface area contributed by atoms with Gasteiger partial charge in [-0.25, -0.2) is 18.6 Å². The second-order valence-electron chi connectivity index (χ2n) is 8.58. The third kappa shape index (κ3) is 5.47. The van der Waals surface area contributed by atoms with Gasteiger partial charge in [-0.05, 0) is 55.9 Å². The number of amides is 2.